The van der Waals surface area contributed by atoms with E-state index in [0.717, 1.165) is 0 Å². The number of hydrogen-bond acceptors (Lipinski definition) is 5. The topological polar surface area (TPSA) is 61.0 Å². The van der Waals surface area contributed by atoms with Crippen LogP contribution < -0.4 is 4.74 Å². The first-order valence-electron chi connectivity index (χ1n) is 6.12. The van der Waals surface area contributed by atoms with Gasteiger partial charge in [0.05, 0.1) is 0 Å². The monoisotopic (exact) mass is 307 g/mol. The van der Waals surface area contributed by atoms with E-state index in [4.69, 9.17) is 4.52 Å². The Bertz CT molecular complexity index is 772. The predicted octanol–water partition coefficient (Wildman–Crippen LogP) is 3.70. The number of rotatable bonds is 3. The molecule has 0 saturated heterocycles. The van der Waals surface area contributed by atoms with Gasteiger partial charge < -0.3 is 9.26 Å². The van der Waals surface area contributed by atoms with E-state index in [9.17, 15) is 13.2 Å². The van der Waals surface area contributed by atoms with Crippen LogP contribution in [0.4, 0.5) is 13.2 Å². The minimum atomic E-state index is -4.76. The zero-order valence-corrected chi connectivity index (χ0v) is 10.9. The molecule has 1 aromatic carbocycles. The molecular formula is C14H8F3N3O2. The average Bonchev–Trinajstić information content (AvgIpc) is 2.96. The molecule has 0 unspecified atom stereocenters. The molecule has 0 aliphatic carbocycles. The fourth-order valence-electron chi connectivity index (χ4n) is 1.77. The van der Waals surface area contributed by atoms with Crippen LogP contribution in [0.25, 0.3) is 23.0 Å². The Hall–Kier alpha value is -2.90. The average molecular weight is 307 g/mol. The summed E-state index contributed by atoms with van der Waals surface area (Å²) in [6, 6.07) is 10.5. The van der Waals surface area contributed by atoms with Crippen molar-refractivity contribution in [3.05, 3.63) is 48.7 Å². The molecule has 0 aliphatic rings. The lowest BCUT2D eigenvalue weighted by Gasteiger charge is -2.08. The van der Waals surface area contributed by atoms with Crippen molar-refractivity contribution in [1.82, 2.24) is 15.1 Å². The number of ether oxygens (including phenoxy) is 1. The molecule has 0 N–H and O–H groups in total. The van der Waals surface area contributed by atoms with Crippen LogP contribution in [0, 0.1) is 0 Å². The quantitative estimate of drug-likeness (QED) is 0.738. The Labute approximate surface area is 122 Å². The van der Waals surface area contributed by atoms with Crippen LogP contribution >= 0.6 is 0 Å². The molecule has 0 bridgehead atoms. The van der Waals surface area contributed by atoms with Gasteiger partial charge in [-0.1, -0.05) is 17.3 Å². The number of halogens is 3. The second kappa shape index (κ2) is 5.47. The minimum Gasteiger partial charge on any atom is -0.406 e. The van der Waals surface area contributed by atoms with Gasteiger partial charge in [-0.05, 0) is 30.3 Å². The molecule has 0 fully saturated rings. The van der Waals surface area contributed by atoms with Gasteiger partial charge in [-0.15, -0.1) is 13.2 Å². The number of benzene rings is 1. The van der Waals surface area contributed by atoms with E-state index < -0.39 is 6.36 Å². The Morgan fingerprint density at radius 3 is 2.64 bits per heavy atom. The molecule has 0 aliphatic heterocycles. The van der Waals surface area contributed by atoms with Gasteiger partial charge in [0.2, 0.25) is 5.82 Å². The molecular weight excluding hydrogens is 299 g/mol. The van der Waals surface area contributed by atoms with Gasteiger partial charge in [-0.3, -0.25) is 4.98 Å². The van der Waals surface area contributed by atoms with E-state index >= 15 is 0 Å². The van der Waals surface area contributed by atoms with Crippen molar-refractivity contribution in [2.45, 2.75) is 6.36 Å². The maximum Gasteiger partial charge on any atom is 0.573 e. The molecule has 8 heteroatoms. The Morgan fingerprint density at radius 2 is 1.91 bits per heavy atom. The summed E-state index contributed by atoms with van der Waals surface area (Å²) in [7, 11) is 0. The first-order valence-corrected chi connectivity index (χ1v) is 6.12. The van der Waals surface area contributed by atoms with E-state index in [1.54, 1.807) is 30.5 Å². The van der Waals surface area contributed by atoms with Crippen LogP contribution in [-0.2, 0) is 0 Å². The van der Waals surface area contributed by atoms with Gasteiger partial charge in [-0.25, -0.2) is 0 Å². The van der Waals surface area contributed by atoms with E-state index in [1.807, 2.05) is 0 Å². The fraction of sp³-hybridized carbons (Fsp3) is 0.0714. The van der Waals surface area contributed by atoms with Gasteiger partial charge in [0.15, 0.2) is 0 Å². The van der Waals surface area contributed by atoms with Crippen LogP contribution in [0.15, 0.2) is 53.2 Å². The number of aromatic nitrogens is 3. The van der Waals surface area contributed by atoms with Gasteiger partial charge in [0.25, 0.3) is 5.89 Å². The summed E-state index contributed by atoms with van der Waals surface area (Å²) >= 11 is 0. The molecule has 2 heterocycles. The van der Waals surface area contributed by atoms with Gasteiger partial charge in [0.1, 0.15) is 11.4 Å². The summed E-state index contributed by atoms with van der Waals surface area (Å²) in [5, 5.41) is 3.76. The van der Waals surface area contributed by atoms with E-state index in [2.05, 4.69) is 19.9 Å². The number of alkyl halides is 3. The van der Waals surface area contributed by atoms with E-state index in [0.29, 0.717) is 11.3 Å². The zero-order chi connectivity index (χ0) is 15.6. The smallest absolute Gasteiger partial charge is 0.406 e. The molecule has 0 atom stereocenters. The molecule has 0 radical (unpaired) electrons. The van der Waals surface area contributed by atoms with Crippen molar-refractivity contribution in [2.24, 2.45) is 0 Å². The summed E-state index contributed by atoms with van der Waals surface area (Å²) in [4.78, 5) is 8.17. The third kappa shape index (κ3) is 3.22. The molecule has 0 amide bonds. The SMILES string of the molecule is FC(F)(F)Oc1cccc(-c2nc(-c3ccccn3)no2)c1. The Morgan fingerprint density at radius 1 is 1.05 bits per heavy atom. The highest BCUT2D eigenvalue weighted by Crippen LogP contribution is 2.28. The molecule has 3 rings (SSSR count). The van der Waals surface area contributed by atoms with Crippen LogP contribution in [0.3, 0.4) is 0 Å². The second-order valence-corrected chi connectivity index (χ2v) is 4.21. The lowest BCUT2D eigenvalue weighted by atomic mass is 10.2. The maximum atomic E-state index is 12.2. The first-order chi connectivity index (χ1) is 10.5. The zero-order valence-electron chi connectivity index (χ0n) is 10.9. The largest absolute Gasteiger partial charge is 0.573 e. The Kier molecular flexibility index (Phi) is 3.50. The standard InChI is InChI=1S/C14H8F3N3O2/c15-14(16,17)21-10-5-3-4-9(8-10)13-19-12(20-22-13)11-6-1-2-7-18-11/h1-8H. The molecule has 0 saturated carbocycles. The highest BCUT2D eigenvalue weighted by atomic mass is 19.4. The van der Waals surface area contributed by atoms with Crippen molar-refractivity contribution in [2.75, 3.05) is 0 Å². The maximum absolute atomic E-state index is 12.2. The Balaban J connectivity index is 1.89. The normalized spacial score (nSPS) is 11.4. The third-order valence-electron chi connectivity index (χ3n) is 2.63. The van der Waals surface area contributed by atoms with E-state index in [1.165, 1.54) is 18.2 Å². The number of nitrogens with zero attached hydrogens (tertiary/aromatic N) is 3. The fourth-order valence-corrected chi connectivity index (χ4v) is 1.77. The van der Waals surface area contributed by atoms with Crippen LogP contribution in [0.2, 0.25) is 0 Å². The van der Waals surface area contributed by atoms with E-state index in [-0.39, 0.29) is 17.5 Å². The highest BCUT2D eigenvalue weighted by Gasteiger charge is 2.31. The third-order valence-corrected chi connectivity index (χ3v) is 2.63. The number of pyridine rings is 1. The van der Waals surface area contributed by atoms with Crippen molar-refractivity contribution in [1.29, 1.82) is 0 Å². The van der Waals surface area contributed by atoms with Gasteiger partial charge >= 0.3 is 6.36 Å². The summed E-state index contributed by atoms with van der Waals surface area (Å²) in [6.45, 7) is 0. The molecule has 22 heavy (non-hydrogen) atoms. The summed E-state index contributed by atoms with van der Waals surface area (Å²) in [5.74, 6) is -0.0337. The summed E-state index contributed by atoms with van der Waals surface area (Å²) in [6.07, 6.45) is -3.18. The van der Waals surface area contributed by atoms with Crippen molar-refractivity contribution < 1.29 is 22.4 Å². The first kappa shape index (κ1) is 14.1. The predicted molar refractivity (Wildman–Crippen MR) is 69.6 cm³/mol. The van der Waals surface area contributed by atoms with Crippen LogP contribution in [-0.4, -0.2) is 21.5 Å². The molecule has 3 aromatic rings. The second-order valence-electron chi connectivity index (χ2n) is 4.21. The van der Waals surface area contributed by atoms with Crippen molar-refractivity contribution >= 4 is 0 Å². The lowest BCUT2D eigenvalue weighted by molar-refractivity contribution is -0.274. The van der Waals surface area contributed by atoms with Crippen molar-refractivity contribution in [3.63, 3.8) is 0 Å². The number of hydrogen-bond donors (Lipinski definition) is 0. The van der Waals surface area contributed by atoms with Gasteiger partial charge in [-0.2, -0.15) is 4.98 Å². The lowest BCUT2D eigenvalue weighted by Crippen LogP contribution is -2.17. The molecule has 0 spiro atoms. The minimum absolute atomic E-state index is 0.0771. The highest BCUT2D eigenvalue weighted by molar-refractivity contribution is 5.59. The molecule has 5 nitrogen and oxygen atoms in total. The van der Waals surface area contributed by atoms with Crippen molar-refractivity contribution in [3.8, 4) is 28.7 Å². The summed E-state index contributed by atoms with van der Waals surface area (Å²) in [5.41, 5.74) is 0.816. The van der Waals surface area contributed by atoms with Gasteiger partial charge in [0, 0.05) is 11.8 Å². The molecule has 2 aromatic heterocycles. The summed E-state index contributed by atoms with van der Waals surface area (Å²) < 4.78 is 45.6. The van der Waals surface area contributed by atoms with Crippen LogP contribution in [0.1, 0.15) is 0 Å². The van der Waals surface area contributed by atoms with Crippen LogP contribution in [0.5, 0.6) is 5.75 Å². The molecule has 112 valence electrons.